The molecule has 0 atom stereocenters. The largest absolute Gasteiger partial charge is 0.310 e. The van der Waals surface area contributed by atoms with E-state index in [0.29, 0.717) is 0 Å². The van der Waals surface area contributed by atoms with E-state index in [1.165, 1.54) is 22.3 Å². The Balaban J connectivity index is 1.33. The Hall–Kier alpha value is -5.41. The highest BCUT2D eigenvalue weighted by molar-refractivity contribution is 5.95. The molecule has 0 unspecified atom stereocenters. The quantitative estimate of drug-likeness (QED) is 0.202. The van der Waals surface area contributed by atoms with E-state index in [9.17, 15) is 4.79 Å². The van der Waals surface area contributed by atoms with Crippen molar-refractivity contribution in [3.05, 3.63) is 167 Å². The highest BCUT2D eigenvalue weighted by atomic mass is 16.1. The summed E-state index contributed by atoms with van der Waals surface area (Å²) in [5.74, 6) is 0. The van der Waals surface area contributed by atoms with Crippen LogP contribution in [0, 0.1) is 13.8 Å². The molecule has 0 aliphatic heterocycles. The second-order valence-corrected chi connectivity index (χ2v) is 10.7. The van der Waals surface area contributed by atoms with E-state index < -0.39 is 0 Å². The Bertz CT molecular complexity index is 2030. The van der Waals surface area contributed by atoms with Gasteiger partial charge in [0, 0.05) is 33.5 Å². The molecule has 0 aliphatic carbocycles. The molecule has 1 aromatic heterocycles. The highest BCUT2D eigenvalue weighted by Gasteiger charge is 2.16. The molecule has 0 saturated heterocycles. The number of hydrogen-bond acceptors (Lipinski definition) is 2. The fourth-order valence-corrected chi connectivity index (χ4v) is 6.05. The molecule has 0 radical (unpaired) electrons. The zero-order chi connectivity index (χ0) is 28.6. The Morgan fingerprint density at radius 1 is 0.476 bits per heavy atom. The maximum absolute atomic E-state index is 13.3. The normalized spacial score (nSPS) is 11.2. The van der Waals surface area contributed by atoms with Crippen LogP contribution in [0.3, 0.4) is 0 Å². The number of aryl methyl sites for hydroxylation is 2. The summed E-state index contributed by atoms with van der Waals surface area (Å²) in [6, 6.07) is 50.0. The van der Waals surface area contributed by atoms with Gasteiger partial charge in [0.15, 0.2) is 5.43 Å². The molecule has 1 heterocycles. The molecule has 7 aromatic rings. The van der Waals surface area contributed by atoms with Crippen molar-refractivity contribution < 1.29 is 0 Å². The number of hydrogen-bond donors (Lipinski definition) is 0. The molecule has 0 fully saturated rings. The first kappa shape index (κ1) is 25.6. The van der Waals surface area contributed by atoms with Gasteiger partial charge in [-0.05, 0) is 109 Å². The molecule has 42 heavy (non-hydrogen) atoms. The lowest BCUT2D eigenvalue weighted by molar-refractivity contribution is 1.15. The third-order valence-electron chi connectivity index (χ3n) is 8.03. The van der Waals surface area contributed by atoms with Crippen molar-refractivity contribution in [3.8, 4) is 16.8 Å². The van der Waals surface area contributed by atoms with Crippen LogP contribution in [-0.2, 0) is 0 Å². The second kappa shape index (κ2) is 10.5. The van der Waals surface area contributed by atoms with Crippen LogP contribution in [0.2, 0.25) is 0 Å². The summed E-state index contributed by atoms with van der Waals surface area (Å²) >= 11 is 0. The van der Waals surface area contributed by atoms with Gasteiger partial charge in [-0.15, -0.1) is 0 Å². The van der Waals surface area contributed by atoms with Gasteiger partial charge in [-0.2, -0.15) is 0 Å². The lowest BCUT2D eigenvalue weighted by Gasteiger charge is -2.26. The smallest absolute Gasteiger partial charge is 0.197 e. The van der Waals surface area contributed by atoms with Gasteiger partial charge in [0.2, 0.25) is 0 Å². The molecule has 202 valence electrons. The average molecular weight is 543 g/mol. The minimum atomic E-state index is 0.0709. The number of rotatable bonds is 5. The first-order valence-corrected chi connectivity index (χ1v) is 14.2. The predicted molar refractivity (Wildman–Crippen MR) is 177 cm³/mol. The Morgan fingerprint density at radius 2 is 0.952 bits per heavy atom. The Labute approximate surface area is 245 Å². The molecule has 3 nitrogen and oxygen atoms in total. The first-order valence-electron chi connectivity index (χ1n) is 14.2. The van der Waals surface area contributed by atoms with E-state index in [4.69, 9.17) is 0 Å². The molecule has 7 rings (SSSR count). The van der Waals surface area contributed by atoms with Crippen molar-refractivity contribution in [2.75, 3.05) is 4.90 Å². The molecule has 0 spiro atoms. The van der Waals surface area contributed by atoms with Gasteiger partial charge in [-0.3, -0.25) is 4.79 Å². The molecule has 0 saturated carbocycles. The van der Waals surface area contributed by atoms with Gasteiger partial charge in [0.1, 0.15) is 0 Å². The van der Waals surface area contributed by atoms with Gasteiger partial charge < -0.3 is 9.47 Å². The number of anilines is 3. The summed E-state index contributed by atoms with van der Waals surface area (Å²) < 4.78 is 2.20. The van der Waals surface area contributed by atoms with Crippen LogP contribution in [0.25, 0.3) is 38.6 Å². The number of pyridine rings is 1. The lowest BCUT2D eigenvalue weighted by atomic mass is 9.95. The topological polar surface area (TPSA) is 25.2 Å². The maximum atomic E-state index is 13.3. The molecular weight excluding hydrogens is 512 g/mol. The van der Waals surface area contributed by atoms with Crippen LogP contribution < -0.4 is 10.3 Å². The summed E-state index contributed by atoms with van der Waals surface area (Å²) in [4.78, 5) is 15.5. The maximum Gasteiger partial charge on any atom is 0.197 e. The van der Waals surface area contributed by atoms with Crippen LogP contribution in [0.4, 0.5) is 17.1 Å². The van der Waals surface area contributed by atoms with Crippen LogP contribution in [0.5, 0.6) is 0 Å². The van der Waals surface area contributed by atoms with E-state index in [1.54, 1.807) is 0 Å². The summed E-state index contributed by atoms with van der Waals surface area (Å²) in [6.45, 7) is 4.35. The minimum Gasteiger partial charge on any atom is -0.310 e. The Kier molecular flexibility index (Phi) is 6.41. The van der Waals surface area contributed by atoms with Gasteiger partial charge in [0.25, 0.3) is 0 Å². The zero-order valence-electron chi connectivity index (χ0n) is 23.7. The predicted octanol–water partition coefficient (Wildman–Crippen LogP) is 9.90. The number of benzene rings is 6. The van der Waals surface area contributed by atoms with Crippen molar-refractivity contribution in [1.82, 2.24) is 4.57 Å². The average Bonchev–Trinajstić information content (AvgIpc) is 3.03. The summed E-state index contributed by atoms with van der Waals surface area (Å²) in [7, 11) is 0. The summed E-state index contributed by atoms with van der Waals surface area (Å²) in [6.07, 6.45) is 0. The van der Waals surface area contributed by atoms with E-state index in [0.717, 1.165) is 44.6 Å². The fraction of sp³-hybridized carbons (Fsp3) is 0.0513. The number of para-hydroxylation sites is 4. The van der Waals surface area contributed by atoms with Crippen LogP contribution in [0.1, 0.15) is 11.1 Å². The standard InChI is InChI=1S/C39H30N2O/c1-27-25-31(40(29-13-5-3-6-14-29)30-15-7-4-8-16-30)21-23-33(27)34-24-22-32(26-28(34)2)41-37-19-11-9-17-35(37)39(42)36-18-10-12-20-38(36)41/h3-26H,1-2H3. The van der Waals surface area contributed by atoms with Gasteiger partial charge in [-0.25, -0.2) is 0 Å². The highest BCUT2D eigenvalue weighted by Crippen LogP contribution is 2.38. The van der Waals surface area contributed by atoms with Gasteiger partial charge in [-0.1, -0.05) is 72.8 Å². The molecule has 3 heteroatoms. The van der Waals surface area contributed by atoms with Gasteiger partial charge in [0.05, 0.1) is 11.0 Å². The molecular formula is C39H30N2O. The number of aromatic nitrogens is 1. The van der Waals surface area contributed by atoms with E-state index >= 15 is 0 Å². The van der Waals surface area contributed by atoms with Crippen molar-refractivity contribution in [2.24, 2.45) is 0 Å². The van der Waals surface area contributed by atoms with Crippen LogP contribution >= 0.6 is 0 Å². The lowest BCUT2D eigenvalue weighted by Crippen LogP contribution is -2.10. The summed E-state index contributed by atoms with van der Waals surface area (Å²) in [5.41, 5.74) is 11.1. The van der Waals surface area contributed by atoms with E-state index in [1.807, 2.05) is 60.7 Å². The van der Waals surface area contributed by atoms with E-state index in [2.05, 4.69) is 108 Å². The monoisotopic (exact) mass is 542 g/mol. The third-order valence-corrected chi connectivity index (χ3v) is 8.03. The second-order valence-electron chi connectivity index (χ2n) is 10.7. The molecule has 0 aliphatic rings. The van der Waals surface area contributed by atoms with Crippen molar-refractivity contribution in [2.45, 2.75) is 13.8 Å². The SMILES string of the molecule is Cc1cc(N(c2ccccc2)c2ccccc2)ccc1-c1ccc(-n2c3ccccc3c(=O)c3ccccc32)cc1C. The Morgan fingerprint density at radius 3 is 1.48 bits per heavy atom. The third kappa shape index (κ3) is 4.36. The molecule has 6 aromatic carbocycles. The molecule has 0 amide bonds. The fourth-order valence-electron chi connectivity index (χ4n) is 6.05. The van der Waals surface area contributed by atoms with Gasteiger partial charge >= 0.3 is 0 Å². The van der Waals surface area contributed by atoms with E-state index in [-0.39, 0.29) is 5.43 Å². The van der Waals surface area contributed by atoms with Crippen molar-refractivity contribution in [1.29, 1.82) is 0 Å². The number of nitrogens with zero attached hydrogens (tertiary/aromatic N) is 2. The van der Waals surface area contributed by atoms with Crippen LogP contribution in [-0.4, -0.2) is 4.57 Å². The first-order chi connectivity index (χ1) is 20.6. The molecule has 0 N–H and O–H groups in total. The number of fused-ring (bicyclic) bond motifs is 2. The molecule has 0 bridgehead atoms. The minimum absolute atomic E-state index is 0.0709. The zero-order valence-corrected chi connectivity index (χ0v) is 23.7. The van der Waals surface area contributed by atoms with Crippen molar-refractivity contribution in [3.63, 3.8) is 0 Å². The summed E-state index contributed by atoms with van der Waals surface area (Å²) in [5, 5.41) is 1.46. The van der Waals surface area contributed by atoms with Crippen LogP contribution in [0.15, 0.2) is 150 Å². The van der Waals surface area contributed by atoms with Crippen molar-refractivity contribution >= 4 is 38.9 Å².